The van der Waals surface area contributed by atoms with E-state index < -0.39 is 11.9 Å². The van der Waals surface area contributed by atoms with Gasteiger partial charge >= 0.3 is 5.97 Å². The van der Waals surface area contributed by atoms with Gasteiger partial charge in [0, 0.05) is 0 Å². The Labute approximate surface area is 125 Å². The van der Waals surface area contributed by atoms with Crippen molar-refractivity contribution in [3.05, 3.63) is 60.2 Å². The minimum atomic E-state index is -0.781. The average Bonchev–Trinajstić information content (AvgIpc) is 2.55. The number of carboxylic acids is 1. The SMILES string of the molecule is CC(C(=O)O)c1ccccc1.COc1ccccc1OC. The topological polar surface area (TPSA) is 55.8 Å². The van der Waals surface area contributed by atoms with Gasteiger partial charge in [-0.15, -0.1) is 0 Å². The van der Waals surface area contributed by atoms with E-state index >= 15 is 0 Å². The fraction of sp³-hybridized carbons (Fsp3) is 0.235. The van der Waals surface area contributed by atoms with Gasteiger partial charge < -0.3 is 14.6 Å². The average molecular weight is 288 g/mol. The summed E-state index contributed by atoms with van der Waals surface area (Å²) >= 11 is 0. The molecule has 4 heteroatoms. The van der Waals surface area contributed by atoms with Crippen LogP contribution in [0, 0.1) is 0 Å². The first-order chi connectivity index (χ1) is 10.1. The van der Waals surface area contributed by atoms with Crippen molar-refractivity contribution in [2.24, 2.45) is 0 Å². The van der Waals surface area contributed by atoms with Crippen molar-refractivity contribution in [3.63, 3.8) is 0 Å². The molecule has 0 bridgehead atoms. The Kier molecular flexibility index (Phi) is 6.81. The van der Waals surface area contributed by atoms with E-state index in [1.54, 1.807) is 21.1 Å². The summed E-state index contributed by atoms with van der Waals surface area (Å²) in [6.07, 6.45) is 0. The predicted octanol–water partition coefficient (Wildman–Crippen LogP) is 3.58. The van der Waals surface area contributed by atoms with Gasteiger partial charge in [0.25, 0.3) is 0 Å². The number of carbonyl (C=O) groups is 1. The molecule has 0 amide bonds. The van der Waals surface area contributed by atoms with E-state index in [1.165, 1.54) is 0 Å². The molecule has 0 aromatic heterocycles. The quantitative estimate of drug-likeness (QED) is 0.934. The Morgan fingerprint density at radius 1 is 0.905 bits per heavy atom. The monoisotopic (exact) mass is 288 g/mol. The minimum Gasteiger partial charge on any atom is -0.493 e. The van der Waals surface area contributed by atoms with Crippen LogP contribution in [-0.4, -0.2) is 25.3 Å². The maximum Gasteiger partial charge on any atom is 0.310 e. The van der Waals surface area contributed by atoms with Crippen LogP contribution in [0.25, 0.3) is 0 Å². The van der Waals surface area contributed by atoms with Crippen molar-refractivity contribution in [3.8, 4) is 11.5 Å². The summed E-state index contributed by atoms with van der Waals surface area (Å²) in [4.78, 5) is 10.5. The molecule has 112 valence electrons. The van der Waals surface area contributed by atoms with Crippen LogP contribution in [0.3, 0.4) is 0 Å². The highest BCUT2D eigenvalue weighted by atomic mass is 16.5. The number of aliphatic carboxylic acids is 1. The molecule has 0 aliphatic carbocycles. The fourth-order valence-electron chi connectivity index (χ4n) is 1.67. The normalized spacial score (nSPS) is 10.8. The third kappa shape index (κ3) is 5.18. The third-order valence-corrected chi connectivity index (χ3v) is 2.96. The number of hydrogen-bond donors (Lipinski definition) is 1. The van der Waals surface area contributed by atoms with Gasteiger partial charge in [0.15, 0.2) is 11.5 Å². The van der Waals surface area contributed by atoms with E-state index in [-0.39, 0.29) is 0 Å². The molecular weight excluding hydrogens is 268 g/mol. The lowest BCUT2D eigenvalue weighted by Gasteiger charge is -2.04. The predicted molar refractivity (Wildman–Crippen MR) is 82.0 cm³/mol. The van der Waals surface area contributed by atoms with Crippen LogP contribution in [0.5, 0.6) is 11.5 Å². The van der Waals surface area contributed by atoms with Crippen LogP contribution in [0.1, 0.15) is 18.4 Å². The molecule has 2 rings (SSSR count). The van der Waals surface area contributed by atoms with Crippen LogP contribution >= 0.6 is 0 Å². The zero-order valence-corrected chi connectivity index (χ0v) is 12.4. The van der Waals surface area contributed by atoms with E-state index in [4.69, 9.17) is 14.6 Å². The van der Waals surface area contributed by atoms with Gasteiger partial charge in [0.1, 0.15) is 0 Å². The fourth-order valence-corrected chi connectivity index (χ4v) is 1.67. The molecule has 4 nitrogen and oxygen atoms in total. The molecule has 21 heavy (non-hydrogen) atoms. The van der Waals surface area contributed by atoms with E-state index in [9.17, 15) is 4.79 Å². The number of methoxy groups -OCH3 is 2. The molecule has 1 unspecified atom stereocenters. The zero-order valence-electron chi connectivity index (χ0n) is 12.4. The number of hydrogen-bond acceptors (Lipinski definition) is 3. The lowest BCUT2D eigenvalue weighted by atomic mass is 10.0. The number of para-hydroxylation sites is 2. The summed E-state index contributed by atoms with van der Waals surface area (Å²) < 4.78 is 10.0. The van der Waals surface area contributed by atoms with Gasteiger partial charge in [-0.1, -0.05) is 42.5 Å². The number of ether oxygens (including phenoxy) is 2. The van der Waals surface area contributed by atoms with E-state index in [0.717, 1.165) is 17.1 Å². The summed E-state index contributed by atoms with van der Waals surface area (Å²) in [5.41, 5.74) is 0.847. The summed E-state index contributed by atoms with van der Waals surface area (Å²) in [6, 6.07) is 16.7. The van der Waals surface area contributed by atoms with Crippen molar-refractivity contribution < 1.29 is 19.4 Å². The smallest absolute Gasteiger partial charge is 0.310 e. The minimum absolute atomic E-state index is 0.406. The maximum atomic E-state index is 10.5. The molecule has 2 aromatic carbocycles. The van der Waals surface area contributed by atoms with Gasteiger partial charge in [-0.2, -0.15) is 0 Å². The van der Waals surface area contributed by atoms with Crippen molar-refractivity contribution >= 4 is 5.97 Å². The van der Waals surface area contributed by atoms with Gasteiger partial charge in [0.2, 0.25) is 0 Å². The molecule has 0 heterocycles. The number of benzene rings is 2. The Morgan fingerprint density at radius 2 is 1.33 bits per heavy atom. The number of rotatable bonds is 4. The molecule has 1 N–H and O–H groups in total. The first-order valence-corrected chi connectivity index (χ1v) is 6.55. The summed E-state index contributed by atoms with van der Waals surface area (Å²) in [6.45, 7) is 1.68. The highest BCUT2D eigenvalue weighted by molar-refractivity contribution is 5.75. The largest absolute Gasteiger partial charge is 0.493 e. The third-order valence-electron chi connectivity index (χ3n) is 2.96. The van der Waals surface area contributed by atoms with Gasteiger partial charge in [-0.25, -0.2) is 0 Å². The van der Waals surface area contributed by atoms with E-state index in [0.29, 0.717) is 0 Å². The van der Waals surface area contributed by atoms with Crippen molar-refractivity contribution in [2.45, 2.75) is 12.8 Å². The summed E-state index contributed by atoms with van der Waals surface area (Å²) in [5.74, 6) is 0.349. The van der Waals surface area contributed by atoms with Crippen molar-refractivity contribution in [2.75, 3.05) is 14.2 Å². The Bertz CT molecular complexity index is 529. The van der Waals surface area contributed by atoms with Crippen LogP contribution < -0.4 is 9.47 Å². The second-order valence-electron chi connectivity index (χ2n) is 4.33. The number of carboxylic acid groups (broad SMARTS) is 1. The first-order valence-electron chi connectivity index (χ1n) is 6.55. The van der Waals surface area contributed by atoms with Crippen molar-refractivity contribution in [1.29, 1.82) is 0 Å². The highest BCUT2D eigenvalue weighted by Gasteiger charge is 2.11. The summed E-state index contributed by atoms with van der Waals surface area (Å²) in [7, 11) is 3.25. The molecule has 0 radical (unpaired) electrons. The van der Waals surface area contributed by atoms with E-state index in [1.807, 2.05) is 54.6 Å². The zero-order chi connectivity index (χ0) is 15.7. The Morgan fingerprint density at radius 3 is 1.71 bits per heavy atom. The Balaban J connectivity index is 0.000000211. The van der Waals surface area contributed by atoms with Crippen LogP contribution in [0.2, 0.25) is 0 Å². The van der Waals surface area contributed by atoms with Gasteiger partial charge in [-0.05, 0) is 24.6 Å². The molecule has 1 atom stereocenters. The molecular formula is C17H20O4. The summed E-state index contributed by atoms with van der Waals surface area (Å²) in [5, 5.41) is 8.64. The molecule has 0 aliphatic rings. The van der Waals surface area contributed by atoms with Crippen LogP contribution in [0.4, 0.5) is 0 Å². The molecule has 0 aliphatic heterocycles. The second-order valence-corrected chi connectivity index (χ2v) is 4.33. The van der Waals surface area contributed by atoms with Crippen LogP contribution in [0.15, 0.2) is 54.6 Å². The molecule has 2 aromatic rings. The molecule has 0 fully saturated rings. The lowest BCUT2D eigenvalue weighted by Crippen LogP contribution is -2.06. The van der Waals surface area contributed by atoms with Crippen LogP contribution in [-0.2, 0) is 4.79 Å². The maximum absolute atomic E-state index is 10.5. The molecule has 0 saturated heterocycles. The molecule has 0 saturated carbocycles. The molecule has 0 spiro atoms. The highest BCUT2D eigenvalue weighted by Crippen LogP contribution is 2.24. The first kappa shape index (κ1) is 16.6. The van der Waals surface area contributed by atoms with Gasteiger partial charge in [0.05, 0.1) is 20.1 Å². The standard InChI is InChI=1S/C9H10O2.C8H10O2/c1-7(9(10)11)8-5-3-2-4-6-8;1-9-7-5-3-4-6-8(7)10-2/h2-7H,1H3,(H,10,11);3-6H,1-2H3. The lowest BCUT2D eigenvalue weighted by molar-refractivity contribution is -0.138. The second kappa shape index (κ2) is 8.64. The van der Waals surface area contributed by atoms with E-state index in [2.05, 4.69) is 0 Å². The Hall–Kier alpha value is -2.49. The van der Waals surface area contributed by atoms with Crippen molar-refractivity contribution in [1.82, 2.24) is 0 Å². The van der Waals surface area contributed by atoms with Gasteiger partial charge in [-0.3, -0.25) is 4.79 Å².